The van der Waals surface area contributed by atoms with Gasteiger partial charge < -0.3 is 19.6 Å². The number of rotatable bonds is 7. The van der Waals surface area contributed by atoms with Gasteiger partial charge in [0.15, 0.2) is 0 Å². The van der Waals surface area contributed by atoms with E-state index in [2.05, 4.69) is 117 Å². The highest BCUT2D eigenvalue weighted by atomic mass is 31.2. The van der Waals surface area contributed by atoms with E-state index < -0.39 is 15.1 Å². The Kier molecular flexibility index (Phi) is 9.58. The van der Waals surface area contributed by atoms with Crippen LogP contribution in [0.25, 0.3) is 0 Å². The van der Waals surface area contributed by atoms with Crippen LogP contribution in [0.1, 0.15) is 13.8 Å². The van der Waals surface area contributed by atoms with E-state index in [4.69, 9.17) is 19.2 Å². The lowest BCUT2D eigenvalue weighted by molar-refractivity contribution is 0.275. The monoisotopic (exact) mass is 460 g/mol. The average Bonchev–Trinajstić information content (AvgIpc) is 2.75. The third-order valence-electron chi connectivity index (χ3n) is 5.26. The molecule has 0 aliphatic rings. The standard InChI is InChI=1S/C24H29NP.H3O4P/c1-21(2)25(3)19-20-26(22-13-7-4-8-14-22,23-15-9-5-10-16-23)24-17-11-6-12-18-24;1-5(2,3)4/h4-18,21H,19-20H2,1-3H3;(H3,1,2,3,4)/q+1;. The quantitative estimate of drug-likeness (QED) is 0.471. The largest absolute Gasteiger partial charge is 0.466 e. The van der Waals surface area contributed by atoms with Crippen LogP contribution in [-0.2, 0) is 4.57 Å². The Hall–Kier alpha value is -1.84. The Morgan fingerprint density at radius 3 is 1.29 bits per heavy atom. The van der Waals surface area contributed by atoms with Crippen molar-refractivity contribution in [3.8, 4) is 0 Å². The first kappa shape index (κ1) is 25.4. The Labute approximate surface area is 186 Å². The molecule has 0 bridgehead atoms. The molecule has 3 aromatic carbocycles. The minimum atomic E-state index is -4.64. The second-order valence-corrected chi connectivity index (χ2v) is 12.3. The second-order valence-electron chi connectivity index (χ2n) is 7.63. The smallest absolute Gasteiger partial charge is 0.303 e. The minimum absolute atomic E-state index is 0.555. The molecule has 166 valence electrons. The lowest BCUT2D eigenvalue weighted by atomic mass is 10.3. The van der Waals surface area contributed by atoms with Crippen molar-refractivity contribution in [2.75, 3.05) is 19.8 Å². The topological polar surface area (TPSA) is 81.0 Å². The molecule has 3 rings (SSSR count). The highest BCUT2D eigenvalue weighted by Gasteiger charge is 2.44. The van der Waals surface area contributed by atoms with Crippen LogP contribution < -0.4 is 15.9 Å². The summed E-state index contributed by atoms with van der Waals surface area (Å²) in [6, 6.07) is 33.9. The summed E-state index contributed by atoms with van der Waals surface area (Å²) in [7, 11) is -4.09. The molecule has 0 atom stereocenters. The molecule has 0 fully saturated rings. The summed E-state index contributed by atoms with van der Waals surface area (Å²) in [5.41, 5.74) is 0. The summed E-state index contributed by atoms with van der Waals surface area (Å²) in [5.74, 6) is 0. The number of phosphoric acid groups is 1. The predicted molar refractivity (Wildman–Crippen MR) is 132 cm³/mol. The van der Waals surface area contributed by atoms with E-state index in [9.17, 15) is 0 Å². The molecule has 0 spiro atoms. The third-order valence-corrected chi connectivity index (χ3v) is 9.67. The zero-order chi connectivity index (χ0) is 22.9. The van der Waals surface area contributed by atoms with Gasteiger partial charge in [-0.15, -0.1) is 0 Å². The maximum absolute atomic E-state index is 8.88. The van der Waals surface area contributed by atoms with Crippen molar-refractivity contribution in [2.45, 2.75) is 19.9 Å². The molecular formula is C24H32NO4P2+. The molecule has 0 heterocycles. The van der Waals surface area contributed by atoms with Gasteiger partial charge in [-0.05, 0) is 57.3 Å². The summed E-state index contributed by atoms with van der Waals surface area (Å²) < 4.78 is 8.88. The minimum Gasteiger partial charge on any atom is -0.303 e. The number of hydrogen-bond acceptors (Lipinski definition) is 2. The van der Waals surface area contributed by atoms with Crippen LogP contribution in [-0.4, -0.2) is 45.4 Å². The van der Waals surface area contributed by atoms with Gasteiger partial charge in [-0.2, -0.15) is 0 Å². The van der Waals surface area contributed by atoms with E-state index >= 15 is 0 Å². The summed E-state index contributed by atoms with van der Waals surface area (Å²) >= 11 is 0. The van der Waals surface area contributed by atoms with Crippen LogP contribution in [0.3, 0.4) is 0 Å². The first-order valence-electron chi connectivity index (χ1n) is 10.2. The summed E-state index contributed by atoms with van der Waals surface area (Å²) in [6.45, 7) is 5.63. The van der Waals surface area contributed by atoms with Gasteiger partial charge >= 0.3 is 7.82 Å². The van der Waals surface area contributed by atoms with Crippen LogP contribution in [0.2, 0.25) is 0 Å². The van der Waals surface area contributed by atoms with Crippen molar-refractivity contribution in [2.24, 2.45) is 0 Å². The molecule has 0 aromatic heterocycles. The summed E-state index contributed by atoms with van der Waals surface area (Å²) in [5, 5.41) is 4.40. The van der Waals surface area contributed by atoms with E-state index in [1.54, 1.807) is 0 Å². The van der Waals surface area contributed by atoms with Crippen LogP contribution in [0.5, 0.6) is 0 Å². The van der Waals surface area contributed by atoms with Gasteiger partial charge in [0, 0.05) is 12.6 Å². The summed E-state index contributed by atoms with van der Waals surface area (Å²) in [6.07, 6.45) is 1.15. The van der Waals surface area contributed by atoms with Gasteiger partial charge in [0.2, 0.25) is 0 Å². The van der Waals surface area contributed by atoms with Crippen LogP contribution in [0.4, 0.5) is 0 Å². The normalized spacial score (nSPS) is 11.9. The summed E-state index contributed by atoms with van der Waals surface area (Å²) in [4.78, 5) is 24.0. The predicted octanol–water partition coefficient (Wildman–Crippen LogP) is 3.39. The molecule has 0 amide bonds. The van der Waals surface area contributed by atoms with E-state index in [-0.39, 0.29) is 0 Å². The van der Waals surface area contributed by atoms with E-state index in [0.29, 0.717) is 6.04 Å². The Morgan fingerprint density at radius 2 is 1.03 bits per heavy atom. The highest BCUT2D eigenvalue weighted by molar-refractivity contribution is 7.95. The Balaban J connectivity index is 0.000000614. The van der Waals surface area contributed by atoms with Crippen molar-refractivity contribution in [1.29, 1.82) is 0 Å². The molecule has 7 heteroatoms. The number of nitrogens with zero attached hydrogens (tertiary/aromatic N) is 1. The maximum atomic E-state index is 8.88. The second kappa shape index (κ2) is 11.7. The van der Waals surface area contributed by atoms with Gasteiger partial charge in [-0.3, -0.25) is 0 Å². The van der Waals surface area contributed by atoms with Gasteiger partial charge in [-0.1, -0.05) is 54.6 Å². The average molecular weight is 460 g/mol. The zero-order valence-electron chi connectivity index (χ0n) is 18.2. The fourth-order valence-corrected chi connectivity index (χ4v) is 7.78. The molecule has 31 heavy (non-hydrogen) atoms. The molecule has 0 saturated heterocycles. The fourth-order valence-electron chi connectivity index (χ4n) is 3.45. The van der Waals surface area contributed by atoms with Crippen molar-refractivity contribution >= 4 is 31.0 Å². The van der Waals surface area contributed by atoms with Crippen molar-refractivity contribution in [1.82, 2.24) is 4.90 Å². The number of benzene rings is 3. The Morgan fingerprint density at radius 1 is 0.742 bits per heavy atom. The van der Waals surface area contributed by atoms with Gasteiger partial charge in [0.1, 0.15) is 23.2 Å². The van der Waals surface area contributed by atoms with E-state index in [1.807, 2.05) is 0 Å². The maximum Gasteiger partial charge on any atom is 0.466 e. The van der Waals surface area contributed by atoms with Crippen molar-refractivity contribution < 1.29 is 19.2 Å². The molecule has 0 aliphatic heterocycles. The van der Waals surface area contributed by atoms with Crippen molar-refractivity contribution in [3.05, 3.63) is 91.0 Å². The lowest BCUT2D eigenvalue weighted by Crippen LogP contribution is -2.38. The third kappa shape index (κ3) is 7.66. The molecule has 0 saturated carbocycles. The number of hydrogen-bond donors (Lipinski definition) is 3. The van der Waals surface area contributed by atoms with Crippen LogP contribution in [0.15, 0.2) is 91.0 Å². The Bertz CT molecular complexity index is 842. The van der Waals surface area contributed by atoms with Gasteiger partial charge in [-0.25, -0.2) is 4.57 Å². The molecule has 0 radical (unpaired) electrons. The van der Waals surface area contributed by atoms with Crippen LogP contribution >= 0.6 is 15.1 Å². The molecular weight excluding hydrogens is 428 g/mol. The molecule has 0 aliphatic carbocycles. The van der Waals surface area contributed by atoms with Crippen molar-refractivity contribution in [3.63, 3.8) is 0 Å². The van der Waals surface area contributed by atoms with E-state index in [0.717, 1.165) is 12.7 Å². The fraction of sp³-hybridized carbons (Fsp3) is 0.250. The molecule has 3 aromatic rings. The molecule has 5 nitrogen and oxygen atoms in total. The first-order chi connectivity index (χ1) is 14.6. The van der Waals surface area contributed by atoms with E-state index in [1.165, 1.54) is 15.9 Å². The SMILES string of the molecule is CC(C)N(C)CC[P+](c1ccccc1)(c1ccccc1)c1ccccc1.O=P(O)(O)O. The van der Waals surface area contributed by atoms with Crippen LogP contribution in [0, 0.1) is 0 Å². The highest BCUT2D eigenvalue weighted by Crippen LogP contribution is 2.55. The van der Waals surface area contributed by atoms with Gasteiger partial charge in [0.05, 0.1) is 6.16 Å². The van der Waals surface area contributed by atoms with Gasteiger partial charge in [0.25, 0.3) is 0 Å². The molecule has 0 unspecified atom stereocenters. The zero-order valence-corrected chi connectivity index (χ0v) is 20.0. The lowest BCUT2D eigenvalue weighted by Gasteiger charge is -2.30. The first-order valence-corrected chi connectivity index (χ1v) is 13.7. The molecule has 3 N–H and O–H groups in total.